The van der Waals surface area contributed by atoms with Crippen molar-refractivity contribution in [3.8, 4) is 5.75 Å². The molecule has 0 aromatic heterocycles. The Morgan fingerprint density at radius 2 is 2.00 bits per heavy atom. The van der Waals surface area contributed by atoms with Crippen LogP contribution in [0.3, 0.4) is 0 Å². The highest BCUT2D eigenvalue weighted by Crippen LogP contribution is 2.19. The van der Waals surface area contributed by atoms with Gasteiger partial charge in [-0.1, -0.05) is 24.3 Å². The standard InChI is InChI=1S/C14H20OS/c1-2-8-13-9-4-5-10-14(13)15-11-6-3-7-12-16/h2,4-5,9-10,16H,1,3,6-8,11-12H2. The van der Waals surface area contributed by atoms with Gasteiger partial charge in [-0.2, -0.15) is 12.6 Å². The molecule has 0 unspecified atom stereocenters. The van der Waals surface area contributed by atoms with Crippen molar-refractivity contribution in [1.29, 1.82) is 0 Å². The van der Waals surface area contributed by atoms with Crippen LogP contribution >= 0.6 is 12.6 Å². The molecule has 1 nitrogen and oxygen atoms in total. The maximum Gasteiger partial charge on any atom is 0.122 e. The lowest BCUT2D eigenvalue weighted by atomic mass is 10.1. The summed E-state index contributed by atoms with van der Waals surface area (Å²) in [6.07, 6.45) is 6.23. The van der Waals surface area contributed by atoms with Gasteiger partial charge in [-0.05, 0) is 43.1 Å². The van der Waals surface area contributed by atoms with Gasteiger partial charge in [-0.3, -0.25) is 0 Å². The molecule has 0 aliphatic heterocycles. The summed E-state index contributed by atoms with van der Waals surface area (Å²) in [5.74, 6) is 1.96. The fourth-order valence-corrected chi connectivity index (χ4v) is 1.77. The summed E-state index contributed by atoms with van der Waals surface area (Å²) >= 11 is 4.18. The Morgan fingerprint density at radius 3 is 2.75 bits per heavy atom. The molecular formula is C14H20OS. The zero-order chi connectivity index (χ0) is 11.6. The van der Waals surface area contributed by atoms with Crippen molar-refractivity contribution < 1.29 is 4.74 Å². The van der Waals surface area contributed by atoms with Gasteiger partial charge < -0.3 is 4.74 Å². The third-order valence-electron chi connectivity index (χ3n) is 2.40. The van der Waals surface area contributed by atoms with Crippen LogP contribution < -0.4 is 4.74 Å². The van der Waals surface area contributed by atoms with Crippen LogP contribution in [-0.4, -0.2) is 12.4 Å². The van der Waals surface area contributed by atoms with Crippen molar-refractivity contribution in [1.82, 2.24) is 0 Å². The minimum atomic E-state index is 0.794. The highest BCUT2D eigenvalue weighted by molar-refractivity contribution is 7.80. The molecule has 16 heavy (non-hydrogen) atoms. The van der Waals surface area contributed by atoms with Crippen molar-refractivity contribution in [3.05, 3.63) is 42.5 Å². The molecule has 0 aliphatic rings. The molecular weight excluding hydrogens is 216 g/mol. The molecule has 1 aromatic rings. The summed E-state index contributed by atoms with van der Waals surface area (Å²) in [4.78, 5) is 0. The highest BCUT2D eigenvalue weighted by Gasteiger charge is 2.00. The molecule has 0 spiro atoms. The molecule has 0 heterocycles. The van der Waals surface area contributed by atoms with E-state index >= 15 is 0 Å². The molecule has 1 aromatic carbocycles. The van der Waals surface area contributed by atoms with E-state index in [1.807, 2.05) is 24.3 Å². The molecule has 0 aliphatic carbocycles. The monoisotopic (exact) mass is 236 g/mol. The number of para-hydroxylation sites is 1. The van der Waals surface area contributed by atoms with E-state index in [0.717, 1.165) is 31.0 Å². The van der Waals surface area contributed by atoms with E-state index in [1.54, 1.807) is 0 Å². The molecule has 0 radical (unpaired) electrons. The van der Waals surface area contributed by atoms with E-state index in [9.17, 15) is 0 Å². The second-order valence-corrected chi connectivity index (χ2v) is 4.18. The molecule has 0 amide bonds. The molecule has 0 saturated carbocycles. The number of unbranched alkanes of at least 4 members (excludes halogenated alkanes) is 2. The third-order valence-corrected chi connectivity index (χ3v) is 2.71. The zero-order valence-corrected chi connectivity index (χ0v) is 10.6. The van der Waals surface area contributed by atoms with Crippen LogP contribution in [0.1, 0.15) is 24.8 Å². The van der Waals surface area contributed by atoms with Crippen LogP contribution in [0.5, 0.6) is 5.75 Å². The summed E-state index contributed by atoms with van der Waals surface area (Å²) in [5, 5.41) is 0. The number of hydrogen-bond donors (Lipinski definition) is 1. The van der Waals surface area contributed by atoms with Gasteiger partial charge in [0, 0.05) is 0 Å². The lowest BCUT2D eigenvalue weighted by Crippen LogP contribution is -2.00. The maximum absolute atomic E-state index is 5.76. The first-order chi connectivity index (χ1) is 7.88. The molecule has 88 valence electrons. The van der Waals surface area contributed by atoms with E-state index in [-0.39, 0.29) is 0 Å². The van der Waals surface area contributed by atoms with E-state index in [0.29, 0.717) is 0 Å². The van der Waals surface area contributed by atoms with E-state index in [1.165, 1.54) is 18.4 Å². The number of allylic oxidation sites excluding steroid dienone is 1. The van der Waals surface area contributed by atoms with Gasteiger partial charge in [0.15, 0.2) is 0 Å². The Bertz CT molecular complexity index is 309. The van der Waals surface area contributed by atoms with Crippen LogP contribution in [0.2, 0.25) is 0 Å². The van der Waals surface area contributed by atoms with Crippen LogP contribution in [0, 0.1) is 0 Å². The lowest BCUT2D eigenvalue weighted by molar-refractivity contribution is 0.304. The van der Waals surface area contributed by atoms with Crippen LogP contribution in [0.4, 0.5) is 0 Å². The van der Waals surface area contributed by atoms with Gasteiger partial charge in [-0.15, -0.1) is 6.58 Å². The molecule has 1 rings (SSSR count). The van der Waals surface area contributed by atoms with Gasteiger partial charge in [0.25, 0.3) is 0 Å². The van der Waals surface area contributed by atoms with E-state index < -0.39 is 0 Å². The zero-order valence-electron chi connectivity index (χ0n) is 9.69. The topological polar surface area (TPSA) is 9.23 Å². The van der Waals surface area contributed by atoms with Crippen LogP contribution in [-0.2, 0) is 6.42 Å². The van der Waals surface area contributed by atoms with Gasteiger partial charge in [0.2, 0.25) is 0 Å². The molecule has 0 bridgehead atoms. The number of thiol groups is 1. The van der Waals surface area contributed by atoms with Crippen molar-refractivity contribution in [2.45, 2.75) is 25.7 Å². The predicted octanol–water partition coefficient (Wildman–Crippen LogP) is 3.89. The summed E-state index contributed by atoms with van der Waals surface area (Å²) in [5.41, 5.74) is 1.21. The van der Waals surface area contributed by atoms with Crippen molar-refractivity contribution >= 4 is 12.6 Å². The lowest BCUT2D eigenvalue weighted by Gasteiger charge is -2.09. The van der Waals surface area contributed by atoms with Gasteiger partial charge in [0.05, 0.1) is 6.61 Å². The van der Waals surface area contributed by atoms with Gasteiger partial charge in [-0.25, -0.2) is 0 Å². The number of benzene rings is 1. The Kier molecular flexibility index (Phi) is 6.82. The minimum absolute atomic E-state index is 0.794. The second kappa shape index (κ2) is 8.28. The van der Waals surface area contributed by atoms with Gasteiger partial charge in [0.1, 0.15) is 5.75 Å². The van der Waals surface area contributed by atoms with Crippen molar-refractivity contribution in [2.24, 2.45) is 0 Å². The van der Waals surface area contributed by atoms with Gasteiger partial charge >= 0.3 is 0 Å². The Hall–Kier alpha value is -0.890. The largest absolute Gasteiger partial charge is 0.493 e. The molecule has 2 heteroatoms. The Morgan fingerprint density at radius 1 is 1.19 bits per heavy atom. The maximum atomic E-state index is 5.76. The first-order valence-electron chi connectivity index (χ1n) is 5.81. The van der Waals surface area contributed by atoms with Crippen molar-refractivity contribution in [3.63, 3.8) is 0 Å². The summed E-state index contributed by atoms with van der Waals surface area (Å²) < 4.78 is 5.76. The number of hydrogen-bond acceptors (Lipinski definition) is 2. The molecule has 0 N–H and O–H groups in total. The molecule has 0 atom stereocenters. The van der Waals surface area contributed by atoms with Crippen LogP contribution in [0.15, 0.2) is 36.9 Å². The predicted molar refractivity (Wildman–Crippen MR) is 73.5 cm³/mol. The third kappa shape index (κ3) is 4.75. The minimum Gasteiger partial charge on any atom is -0.493 e. The number of rotatable bonds is 8. The normalized spacial score (nSPS) is 10.1. The fourth-order valence-electron chi connectivity index (χ4n) is 1.54. The smallest absolute Gasteiger partial charge is 0.122 e. The Balaban J connectivity index is 2.37. The first-order valence-corrected chi connectivity index (χ1v) is 6.44. The number of ether oxygens (including phenoxy) is 1. The summed E-state index contributed by atoms with van der Waals surface area (Å²) in [6, 6.07) is 8.16. The summed E-state index contributed by atoms with van der Waals surface area (Å²) in [6.45, 7) is 4.55. The molecule has 0 saturated heterocycles. The Labute approximate surface area is 104 Å². The van der Waals surface area contributed by atoms with Crippen LogP contribution in [0.25, 0.3) is 0 Å². The average Bonchev–Trinajstić information content (AvgIpc) is 2.31. The summed E-state index contributed by atoms with van der Waals surface area (Å²) in [7, 11) is 0. The quantitative estimate of drug-likeness (QED) is 0.409. The second-order valence-electron chi connectivity index (χ2n) is 3.73. The molecule has 0 fully saturated rings. The van der Waals surface area contributed by atoms with E-state index in [2.05, 4.69) is 25.3 Å². The van der Waals surface area contributed by atoms with Crippen molar-refractivity contribution in [2.75, 3.05) is 12.4 Å². The average molecular weight is 236 g/mol. The van der Waals surface area contributed by atoms with E-state index in [4.69, 9.17) is 4.74 Å². The first kappa shape index (κ1) is 13.2. The SMILES string of the molecule is C=CCc1ccccc1OCCCCCS. The highest BCUT2D eigenvalue weighted by atomic mass is 32.1. The fraction of sp³-hybridized carbons (Fsp3) is 0.429.